The number of carbonyl (C=O) groups excluding carboxylic acids is 1. The van der Waals surface area contributed by atoms with Gasteiger partial charge in [0.1, 0.15) is 12.7 Å². The lowest BCUT2D eigenvalue weighted by Crippen LogP contribution is -2.12. The number of anilines is 2. The van der Waals surface area contributed by atoms with Gasteiger partial charge < -0.3 is 10.6 Å². The van der Waals surface area contributed by atoms with Gasteiger partial charge in [-0.25, -0.2) is 4.39 Å². The van der Waals surface area contributed by atoms with Crippen LogP contribution < -0.4 is 10.6 Å². The first-order valence-electron chi connectivity index (χ1n) is 9.62. The molecule has 1 amide bonds. The van der Waals surface area contributed by atoms with Crippen LogP contribution in [0.4, 0.5) is 15.9 Å². The molecule has 0 unspecified atom stereocenters. The van der Waals surface area contributed by atoms with Crippen molar-refractivity contribution in [3.05, 3.63) is 95.2 Å². The van der Waals surface area contributed by atoms with Gasteiger partial charge in [0.2, 0.25) is 0 Å². The predicted octanol–water partition coefficient (Wildman–Crippen LogP) is 4.84. The summed E-state index contributed by atoms with van der Waals surface area (Å²) in [5, 5.41) is 24.8. The summed E-state index contributed by atoms with van der Waals surface area (Å²) in [6.45, 7) is -0.0632. The number of amides is 1. The Morgan fingerprint density at radius 2 is 1.74 bits per heavy atom. The van der Waals surface area contributed by atoms with Crippen molar-refractivity contribution in [1.82, 2.24) is 10.2 Å². The molecule has 0 saturated carbocycles. The number of hydrogen-bond donors (Lipinski definition) is 2. The van der Waals surface area contributed by atoms with E-state index >= 15 is 0 Å². The molecular formula is C24H18FN5O. The summed E-state index contributed by atoms with van der Waals surface area (Å²) < 4.78 is 12.9. The van der Waals surface area contributed by atoms with E-state index in [0.717, 1.165) is 5.56 Å². The van der Waals surface area contributed by atoms with Gasteiger partial charge in [-0.15, -0.1) is 10.2 Å². The molecule has 3 aromatic carbocycles. The van der Waals surface area contributed by atoms with E-state index in [2.05, 4.69) is 20.8 Å². The number of nitrogens with one attached hydrogen (secondary N) is 2. The molecule has 0 aliphatic rings. The molecule has 7 heteroatoms. The topological polar surface area (TPSA) is 90.7 Å². The molecule has 1 aromatic heterocycles. The van der Waals surface area contributed by atoms with Crippen LogP contribution in [0.5, 0.6) is 0 Å². The lowest BCUT2D eigenvalue weighted by atomic mass is 10.1. The van der Waals surface area contributed by atoms with E-state index in [1.807, 2.05) is 36.4 Å². The molecule has 0 radical (unpaired) electrons. The highest BCUT2D eigenvalue weighted by atomic mass is 19.1. The van der Waals surface area contributed by atoms with Crippen LogP contribution in [0.3, 0.4) is 0 Å². The molecule has 0 atom stereocenters. The predicted molar refractivity (Wildman–Crippen MR) is 117 cm³/mol. The number of aromatic nitrogens is 2. The number of rotatable bonds is 6. The van der Waals surface area contributed by atoms with Crippen molar-refractivity contribution in [2.45, 2.75) is 13.2 Å². The summed E-state index contributed by atoms with van der Waals surface area (Å²) in [7, 11) is 0. The van der Waals surface area contributed by atoms with Crippen LogP contribution in [0, 0.1) is 11.3 Å². The van der Waals surface area contributed by atoms with Gasteiger partial charge in [0.15, 0.2) is 11.5 Å². The van der Waals surface area contributed by atoms with Gasteiger partial charge in [0, 0.05) is 28.6 Å². The minimum atomic E-state index is -0.608. The second-order valence-electron chi connectivity index (χ2n) is 6.90. The van der Waals surface area contributed by atoms with E-state index in [1.165, 1.54) is 0 Å². The minimum absolute atomic E-state index is 0.134. The zero-order valence-electron chi connectivity index (χ0n) is 16.5. The highest BCUT2D eigenvalue weighted by Gasteiger charge is 2.13. The Morgan fingerprint density at radius 1 is 0.935 bits per heavy atom. The molecule has 0 fully saturated rings. The summed E-state index contributed by atoms with van der Waals surface area (Å²) in [4.78, 5) is 12.7. The van der Waals surface area contributed by atoms with Gasteiger partial charge in [-0.05, 0) is 41.5 Å². The number of halogens is 1. The average Bonchev–Trinajstić information content (AvgIpc) is 2.82. The highest BCUT2D eigenvalue weighted by molar-refractivity contribution is 6.07. The molecule has 152 valence electrons. The first kappa shape index (κ1) is 20.0. The van der Waals surface area contributed by atoms with Crippen LogP contribution in [-0.4, -0.2) is 16.1 Å². The number of nitriles is 1. The Labute approximate surface area is 178 Å². The Balaban J connectivity index is 1.62. The van der Waals surface area contributed by atoms with Crippen molar-refractivity contribution in [2.24, 2.45) is 0 Å². The molecule has 2 N–H and O–H groups in total. The second-order valence-corrected chi connectivity index (χ2v) is 6.90. The number of hydrogen-bond acceptors (Lipinski definition) is 5. The van der Waals surface area contributed by atoms with E-state index in [1.54, 1.807) is 42.5 Å². The fourth-order valence-electron chi connectivity index (χ4n) is 3.23. The van der Waals surface area contributed by atoms with Crippen LogP contribution in [0.2, 0.25) is 0 Å². The number of carbonyl (C=O) groups is 1. The maximum absolute atomic E-state index is 12.9. The summed E-state index contributed by atoms with van der Waals surface area (Å²) in [6, 6.07) is 23.5. The normalized spacial score (nSPS) is 10.5. The summed E-state index contributed by atoms with van der Waals surface area (Å²) in [6.07, 6.45) is 0. The molecule has 0 saturated heterocycles. The van der Waals surface area contributed by atoms with Crippen LogP contribution in [0.15, 0.2) is 72.8 Å². The van der Waals surface area contributed by atoms with Crippen LogP contribution in [-0.2, 0) is 13.2 Å². The van der Waals surface area contributed by atoms with Gasteiger partial charge in [0.25, 0.3) is 5.91 Å². The standard InChI is InChI=1S/C24H18FN5O/c25-13-17-7-4-8-19(11-17)28-24(31)18-9-10-20-21(12-18)22(14-26)29-30-23(20)27-15-16-5-2-1-3-6-16/h1-12H,13,15H2,(H,27,30)(H,28,31). The minimum Gasteiger partial charge on any atom is -0.364 e. The smallest absolute Gasteiger partial charge is 0.255 e. The molecule has 6 nitrogen and oxygen atoms in total. The van der Waals surface area contributed by atoms with Crippen LogP contribution in [0.25, 0.3) is 10.8 Å². The molecule has 4 rings (SSSR count). The van der Waals surface area contributed by atoms with Crippen LogP contribution in [0.1, 0.15) is 27.2 Å². The molecule has 0 bridgehead atoms. The average molecular weight is 411 g/mol. The van der Waals surface area contributed by atoms with E-state index < -0.39 is 6.67 Å². The maximum Gasteiger partial charge on any atom is 0.255 e. The molecule has 31 heavy (non-hydrogen) atoms. The number of benzene rings is 3. The quantitative estimate of drug-likeness (QED) is 0.474. The third kappa shape index (κ3) is 4.49. The lowest BCUT2D eigenvalue weighted by Gasteiger charge is -2.11. The van der Waals surface area contributed by atoms with Gasteiger partial charge in [-0.1, -0.05) is 42.5 Å². The zero-order chi connectivity index (χ0) is 21.6. The molecular weight excluding hydrogens is 393 g/mol. The molecule has 0 spiro atoms. The van der Waals surface area contributed by atoms with Crippen molar-refractivity contribution in [2.75, 3.05) is 10.6 Å². The Bertz CT molecular complexity index is 1280. The molecule has 0 aliphatic carbocycles. The lowest BCUT2D eigenvalue weighted by molar-refractivity contribution is 0.102. The van der Waals surface area contributed by atoms with Crippen LogP contribution >= 0.6 is 0 Å². The number of alkyl halides is 1. The summed E-state index contributed by atoms with van der Waals surface area (Å²) >= 11 is 0. The monoisotopic (exact) mass is 411 g/mol. The van der Waals surface area contributed by atoms with Crippen molar-refractivity contribution < 1.29 is 9.18 Å². The Hall–Kier alpha value is -4.31. The van der Waals surface area contributed by atoms with E-state index in [4.69, 9.17) is 0 Å². The number of fused-ring (bicyclic) bond motifs is 1. The summed E-state index contributed by atoms with van der Waals surface area (Å²) in [5.74, 6) is 0.165. The molecule has 4 aromatic rings. The van der Waals surface area contributed by atoms with Gasteiger partial charge >= 0.3 is 0 Å². The van der Waals surface area contributed by atoms with E-state index in [9.17, 15) is 14.4 Å². The largest absolute Gasteiger partial charge is 0.364 e. The number of nitrogens with zero attached hydrogens (tertiary/aromatic N) is 3. The Kier molecular flexibility index (Phi) is 5.81. The van der Waals surface area contributed by atoms with Crippen molar-refractivity contribution >= 4 is 28.2 Å². The first-order chi connectivity index (χ1) is 15.2. The molecule has 1 heterocycles. The third-order valence-corrected chi connectivity index (χ3v) is 4.79. The Morgan fingerprint density at radius 3 is 2.52 bits per heavy atom. The van der Waals surface area contributed by atoms with Crippen molar-refractivity contribution in [3.63, 3.8) is 0 Å². The molecule has 0 aliphatic heterocycles. The SMILES string of the molecule is N#Cc1nnc(NCc2ccccc2)c2ccc(C(=O)Nc3cccc(CF)c3)cc12. The zero-order valence-corrected chi connectivity index (χ0v) is 16.5. The fourth-order valence-corrected chi connectivity index (χ4v) is 3.23. The van der Waals surface area contributed by atoms with Gasteiger partial charge in [-0.3, -0.25) is 4.79 Å². The third-order valence-electron chi connectivity index (χ3n) is 4.79. The first-order valence-corrected chi connectivity index (χ1v) is 9.62. The van der Waals surface area contributed by atoms with E-state index in [-0.39, 0.29) is 11.6 Å². The highest BCUT2D eigenvalue weighted by Crippen LogP contribution is 2.25. The fraction of sp³-hybridized carbons (Fsp3) is 0.0833. The second kappa shape index (κ2) is 9.01. The van der Waals surface area contributed by atoms with Gasteiger partial charge in [0.05, 0.1) is 0 Å². The van der Waals surface area contributed by atoms with Crippen molar-refractivity contribution in [3.8, 4) is 6.07 Å². The summed E-state index contributed by atoms with van der Waals surface area (Å²) in [5.41, 5.74) is 2.55. The van der Waals surface area contributed by atoms with Gasteiger partial charge in [-0.2, -0.15) is 5.26 Å². The van der Waals surface area contributed by atoms with Crippen molar-refractivity contribution in [1.29, 1.82) is 5.26 Å². The maximum atomic E-state index is 12.9. The van der Waals surface area contributed by atoms with E-state index in [0.29, 0.717) is 39.9 Å².